The number of amides is 1. The van der Waals surface area contributed by atoms with Crippen LogP contribution < -0.4 is 10.0 Å². The minimum absolute atomic E-state index is 0.0375. The van der Waals surface area contributed by atoms with Crippen molar-refractivity contribution in [1.29, 1.82) is 0 Å². The maximum absolute atomic E-state index is 12.1. The Kier molecular flexibility index (Phi) is 6.79. The van der Waals surface area contributed by atoms with Crippen LogP contribution in [0.3, 0.4) is 0 Å². The second kappa shape index (κ2) is 7.88. The van der Waals surface area contributed by atoms with Crippen molar-refractivity contribution in [2.45, 2.75) is 24.8 Å². The van der Waals surface area contributed by atoms with Crippen LogP contribution in [0.4, 0.5) is 0 Å². The van der Waals surface area contributed by atoms with Gasteiger partial charge in [-0.2, -0.15) is 0 Å². The molecule has 0 spiro atoms. The third-order valence-electron chi connectivity index (χ3n) is 2.51. The van der Waals surface area contributed by atoms with Crippen molar-refractivity contribution in [1.82, 2.24) is 10.0 Å². The van der Waals surface area contributed by atoms with Crippen molar-refractivity contribution >= 4 is 31.9 Å². The van der Waals surface area contributed by atoms with Gasteiger partial charge in [-0.15, -0.1) is 0 Å². The Morgan fingerprint density at radius 1 is 1.38 bits per heavy atom. The van der Waals surface area contributed by atoms with Gasteiger partial charge in [0.05, 0.1) is 17.1 Å². The Labute approximate surface area is 133 Å². The number of ether oxygens (including phenoxy) is 1. The van der Waals surface area contributed by atoms with Crippen LogP contribution in [-0.4, -0.2) is 40.6 Å². The van der Waals surface area contributed by atoms with E-state index in [2.05, 4.69) is 26.0 Å². The lowest BCUT2D eigenvalue weighted by Crippen LogP contribution is -2.31. The summed E-state index contributed by atoms with van der Waals surface area (Å²) in [6, 6.07) is 4.28. The van der Waals surface area contributed by atoms with Crippen molar-refractivity contribution in [3.63, 3.8) is 0 Å². The first-order valence-corrected chi connectivity index (χ1v) is 8.64. The molecular formula is C13H19BrN2O4S. The zero-order valence-electron chi connectivity index (χ0n) is 12.1. The maximum atomic E-state index is 12.1. The average Bonchev–Trinajstić information content (AvgIpc) is 2.38. The van der Waals surface area contributed by atoms with Crippen LogP contribution >= 0.6 is 15.9 Å². The summed E-state index contributed by atoms with van der Waals surface area (Å²) in [5.41, 5.74) is 0.276. The summed E-state index contributed by atoms with van der Waals surface area (Å²) in [4.78, 5) is 12.1. The molecule has 0 aliphatic carbocycles. The third kappa shape index (κ3) is 5.39. The molecule has 0 fully saturated rings. The van der Waals surface area contributed by atoms with Crippen LogP contribution in [0, 0.1) is 0 Å². The summed E-state index contributed by atoms with van der Waals surface area (Å²) in [5, 5.41) is 2.73. The van der Waals surface area contributed by atoms with E-state index >= 15 is 0 Å². The van der Waals surface area contributed by atoms with Crippen LogP contribution in [0.2, 0.25) is 0 Å². The van der Waals surface area contributed by atoms with Gasteiger partial charge in [-0.1, -0.05) is 0 Å². The van der Waals surface area contributed by atoms with Crippen molar-refractivity contribution in [2.75, 3.05) is 20.3 Å². The fraction of sp³-hybridized carbons (Fsp3) is 0.462. The lowest BCUT2D eigenvalue weighted by atomic mass is 10.2. The number of halogens is 1. The van der Waals surface area contributed by atoms with Crippen molar-refractivity contribution in [2.24, 2.45) is 0 Å². The Morgan fingerprint density at radius 3 is 2.62 bits per heavy atom. The Balaban J connectivity index is 3.03. The zero-order valence-corrected chi connectivity index (χ0v) is 14.5. The van der Waals surface area contributed by atoms with Crippen LogP contribution in [0.1, 0.15) is 24.2 Å². The van der Waals surface area contributed by atoms with E-state index in [0.29, 0.717) is 4.47 Å². The van der Waals surface area contributed by atoms with E-state index in [9.17, 15) is 13.2 Å². The average molecular weight is 379 g/mol. The van der Waals surface area contributed by atoms with E-state index in [-0.39, 0.29) is 35.6 Å². The highest BCUT2D eigenvalue weighted by molar-refractivity contribution is 9.10. The minimum Gasteiger partial charge on any atom is -0.383 e. The predicted octanol–water partition coefficient (Wildman–Crippen LogP) is 1.51. The van der Waals surface area contributed by atoms with Gasteiger partial charge in [0.1, 0.15) is 0 Å². The molecule has 21 heavy (non-hydrogen) atoms. The van der Waals surface area contributed by atoms with Gasteiger partial charge >= 0.3 is 0 Å². The molecule has 1 aromatic carbocycles. The van der Waals surface area contributed by atoms with Crippen LogP contribution in [-0.2, 0) is 14.8 Å². The van der Waals surface area contributed by atoms with Gasteiger partial charge in [-0.05, 0) is 48.0 Å². The molecule has 2 N–H and O–H groups in total. The van der Waals surface area contributed by atoms with Crippen LogP contribution in [0.25, 0.3) is 0 Å². The number of carbonyl (C=O) groups is 1. The molecule has 0 radical (unpaired) electrons. The number of rotatable bonds is 7. The monoisotopic (exact) mass is 378 g/mol. The number of hydrogen-bond donors (Lipinski definition) is 2. The van der Waals surface area contributed by atoms with Gasteiger partial charge in [0.2, 0.25) is 10.0 Å². The molecule has 8 heteroatoms. The molecule has 1 aromatic rings. The second-order valence-corrected chi connectivity index (χ2v) is 7.28. The Morgan fingerprint density at radius 2 is 2.05 bits per heavy atom. The Bertz CT molecular complexity index is 602. The molecule has 0 aliphatic rings. The molecular weight excluding hydrogens is 360 g/mol. The van der Waals surface area contributed by atoms with Crippen molar-refractivity contribution < 1.29 is 17.9 Å². The molecule has 0 atom stereocenters. The lowest BCUT2D eigenvalue weighted by Gasteiger charge is -2.12. The molecule has 0 saturated carbocycles. The largest absolute Gasteiger partial charge is 0.383 e. The Hall–Kier alpha value is -0.960. The van der Waals surface area contributed by atoms with Crippen LogP contribution in [0.5, 0.6) is 0 Å². The summed E-state index contributed by atoms with van der Waals surface area (Å²) in [5.74, 6) is -0.328. The van der Waals surface area contributed by atoms with Crippen LogP contribution in [0.15, 0.2) is 27.6 Å². The lowest BCUT2D eigenvalue weighted by molar-refractivity contribution is 0.0942. The normalized spacial score (nSPS) is 11.7. The molecule has 0 aromatic heterocycles. The van der Waals surface area contributed by atoms with E-state index in [1.807, 2.05) is 13.8 Å². The molecule has 1 rings (SSSR count). The first kappa shape index (κ1) is 18.1. The highest BCUT2D eigenvalue weighted by Crippen LogP contribution is 2.21. The molecule has 0 aliphatic heterocycles. The summed E-state index contributed by atoms with van der Waals surface area (Å²) >= 11 is 3.26. The van der Waals surface area contributed by atoms with Crippen molar-refractivity contribution in [3.8, 4) is 0 Å². The summed E-state index contributed by atoms with van der Waals surface area (Å²) < 4.78 is 31.9. The smallest absolute Gasteiger partial charge is 0.252 e. The van der Waals surface area contributed by atoms with E-state index in [1.54, 1.807) is 6.07 Å². The molecule has 118 valence electrons. The van der Waals surface area contributed by atoms with E-state index in [0.717, 1.165) is 0 Å². The molecule has 0 saturated heterocycles. The molecule has 0 heterocycles. The highest BCUT2D eigenvalue weighted by Gasteiger charge is 2.18. The van der Waals surface area contributed by atoms with Gasteiger partial charge in [0.25, 0.3) is 5.91 Å². The molecule has 1 amide bonds. The number of sulfonamides is 1. The number of benzene rings is 1. The van der Waals surface area contributed by atoms with Gasteiger partial charge in [0, 0.05) is 24.2 Å². The molecule has 6 nitrogen and oxygen atoms in total. The van der Waals surface area contributed by atoms with Gasteiger partial charge in [0.15, 0.2) is 0 Å². The molecule has 0 bridgehead atoms. The maximum Gasteiger partial charge on any atom is 0.252 e. The summed E-state index contributed by atoms with van der Waals surface area (Å²) in [7, 11) is -2.18. The first-order valence-electron chi connectivity index (χ1n) is 6.37. The van der Waals surface area contributed by atoms with E-state index in [4.69, 9.17) is 4.74 Å². The van der Waals surface area contributed by atoms with E-state index < -0.39 is 10.0 Å². The van der Waals surface area contributed by atoms with Crippen molar-refractivity contribution in [3.05, 3.63) is 28.2 Å². The second-order valence-electron chi connectivity index (χ2n) is 4.66. The summed E-state index contributed by atoms with van der Waals surface area (Å²) in [6.07, 6.45) is 0. The standard InChI is InChI=1S/C13H19BrN2O4S/c1-9(2)16-13(17)11-8-10(4-5-12(11)14)21(18,19)15-6-7-20-3/h4-5,8-9,15H,6-7H2,1-3H3,(H,16,17). The van der Waals surface area contributed by atoms with Gasteiger partial charge in [-0.3, -0.25) is 4.79 Å². The number of methoxy groups -OCH3 is 1. The fourth-order valence-corrected chi connectivity index (χ4v) is 3.01. The topological polar surface area (TPSA) is 84.5 Å². The highest BCUT2D eigenvalue weighted by atomic mass is 79.9. The number of nitrogens with one attached hydrogen (secondary N) is 2. The summed E-state index contributed by atoms with van der Waals surface area (Å²) in [6.45, 7) is 4.11. The van der Waals surface area contributed by atoms with E-state index in [1.165, 1.54) is 19.2 Å². The number of carbonyl (C=O) groups excluding carboxylic acids is 1. The number of hydrogen-bond acceptors (Lipinski definition) is 4. The fourth-order valence-electron chi connectivity index (χ4n) is 1.55. The minimum atomic E-state index is -3.66. The zero-order chi connectivity index (χ0) is 16.0. The first-order chi connectivity index (χ1) is 9.77. The molecule has 0 unspecified atom stereocenters. The SMILES string of the molecule is COCCNS(=O)(=O)c1ccc(Br)c(C(=O)NC(C)C)c1. The third-order valence-corrected chi connectivity index (χ3v) is 4.66. The van der Waals surface area contributed by atoms with Gasteiger partial charge in [-0.25, -0.2) is 13.1 Å². The predicted molar refractivity (Wildman–Crippen MR) is 83.8 cm³/mol. The van der Waals surface area contributed by atoms with Gasteiger partial charge < -0.3 is 10.1 Å². The quantitative estimate of drug-likeness (QED) is 0.704.